The van der Waals surface area contributed by atoms with Crippen molar-refractivity contribution in [2.75, 3.05) is 43.7 Å². The number of hydrogen-bond acceptors (Lipinski definition) is 8. The first kappa shape index (κ1) is 29.1. The molecule has 0 spiro atoms. The van der Waals surface area contributed by atoms with Gasteiger partial charge in [0.1, 0.15) is 28.6 Å². The largest absolute Gasteiger partial charge is 0.383 e. The zero-order valence-corrected chi connectivity index (χ0v) is 25.3. The van der Waals surface area contributed by atoms with Crippen molar-refractivity contribution in [2.45, 2.75) is 42.7 Å². The lowest BCUT2D eigenvalue weighted by Gasteiger charge is -2.41. The molecule has 222 valence electrons. The SMILES string of the molecule is CN1CCC(N2CCC(n3nc(-c4ccc(NS(=O)(=O)c5ccc(Cl)cc5Cl)c(F)c4)c4c(N)ncnc43)CC2)CC1. The summed E-state index contributed by atoms with van der Waals surface area (Å²) in [6, 6.07) is 8.85. The van der Waals surface area contributed by atoms with Gasteiger partial charge in [-0.1, -0.05) is 29.3 Å². The predicted molar refractivity (Wildman–Crippen MR) is 163 cm³/mol. The maximum absolute atomic E-state index is 15.4. The van der Waals surface area contributed by atoms with E-state index in [1.807, 2.05) is 4.68 Å². The van der Waals surface area contributed by atoms with E-state index in [9.17, 15) is 8.42 Å². The van der Waals surface area contributed by atoms with Gasteiger partial charge in [0, 0.05) is 29.7 Å². The second-order valence-electron chi connectivity index (χ2n) is 10.9. The number of anilines is 2. The van der Waals surface area contributed by atoms with Crippen LogP contribution in [-0.2, 0) is 10.0 Å². The molecule has 2 fully saturated rings. The minimum Gasteiger partial charge on any atom is -0.383 e. The van der Waals surface area contributed by atoms with Gasteiger partial charge in [0.2, 0.25) is 0 Å². The van der Waals surface area contributed by atoms with E-state index in [2.05, 4.69) is 31.5 Å². The fraction of sp³-hybridized carbons (Fsp3) is 0.393. The molecule has 0 atom stereocenters. The van der Waals surface area contributed by atoms with E-state index < -0.39 is 15.8 Å². The van der Waals surface area contributed by atoms with E-state index in [0.29, 0.717) is 28.3 Å². The van der Waals surface area contributed by atoms with Crippen LogP contribution in [0.15, 0.2) is 47.6 Å². The molecule has 4 heterocycles. The summed E-state index contributed by atoms with van der Waals surface area (Å²) >= 11 is 12.0. The summed E-state index contributed by atoms with van der Waals surface area (Å²) < 4.78 is 45.4. The number of nitrogen functional groups attached to an aromatic ring is 1. The first-order valence-corrected chi connectivity index (χ1v) is 16.0. The van der Waals surface area contributed by atoms with E-state index in [-0.39, 0.29) is 32.5 Å². The van der Waals surface area contributed by atoms with Crippen molar-refractivity contribution in [2.24, 2.45) is 0 Å². The summed E-state index contributed by atoms with van der Waals surface area (Å²) in [6.07, 6.45) is 5.60. The number of hydrogen-bond donors (Lipinski definition) is 2. The highest BCUT2D eigenvalue weighted by atomic mass is 35.5. The normalized spacial score (nSPS) is 18.1. The number of benzene rings is 2. The Balaban J connectivity index is 1.26. The van der Waals surface area contributed by atoms with Crippen molar-refractivity contribution < 1.29 is 12.8 Å². The average molecular weight is 634 g/mol. The quantitative estimate of drug-likeness (QED) is 0.303. The van der Waals surface area contributed by atoms with Gasteiger partial charge in [0.15, 0.2) is 5.65 Å². The number of piperidine rings is 2. The van der Waals surface area contributed by atoms with E-state index in [1.165, 1.54) is 49.5 Å². The number of nitrogens with one attached hydrogen (secondary N) is 1. The Bertz CT molecular complexity index is 1740. The fourth-order valence-electron chi connectivity index (χ4n) is 5.95. The molecule has 0 saturated carbocycles. The van der Waals surface area contributed by atoms with Gasteiger partial charge in [-0.3, -0.25) is 4.72 Å². The van der Waals surface area contributed by atoms with Crippen LogP contribution in [0.1, 0.15) is 31.7 Å². The lowest BCUT2D eigenvalue weighted by molar-refractivity contribution is 0.0859. The van der Waals surface area contributed by atoms with E-state index >= 15 is 4.39 Å². The Labute approximate surface area is 253 Å². The Morgan fingerprint density at radius 3 is 2.38 bits per heavy atom. The van der Waals surface area contributed by atoms with Crippen molar-refractivity contribution in [1.82, 2.24) is 29.5 Å². The maximum atomic E-state index is 15.4. The van der Waals surface area contributed by atoms with Crippen molar-refractivity contribution >= 4 is 55.8 Å². The standard InChI is InChI=1S/C28H31Cl2FN8O2S/c1-37-10-6-19(7-11-37)38-12-8-20(9-13-38)39-28-25(27(32)33-16-34-28)26(35-39)17-2-4-23(22(31)14-17)36-42(40,41)24-5-3-18(29)15-21(24)30/h2-5,14-16,19-20,36H,6-13H2,1H3,(H2,32,33,34). The van der Waals surface area contributed by atoms with Crippen molar-refractivity contribution in [3.63, 3.8) is 0 Å². The second-order valence-corrected chi connectivity index (χ2v) is 13.4. The van der Waals surface area contributed by atoms with Gasteiger partial charge in [-0.2, -0.15) is 5.10 Å². The van der Waals surface area contributed by atoms with E-state index in [4.69, 9.17) is 34.0 Å². The van der Waals surface area contributed by atoms with Crippen LogP contribution in [-0.4, -0.2) is 77.2 Å². The molecule has 0 bridgehead atoms. The number of nitrogens with two attached hydrogens (primary N) is 1. The number of nitrogens with zero attached hydrogens (tertiary/aromatic N) is 6. The second kappa shape index (κ2) is 11.6. The Hall–Kier alpha value is -3.03. The highest BCUT2D eigenvalue weighted by Crippen LogP contribution is 2.36. The molecule has 2 aliphatic heterocycles. The molecule has 4 aromatic rings. The molecule has 42 heavy (non-hydrogen) atoms. The fourth-order valence-corrected chi connectivity index (χ4v) is 7.79. The van der Waals surface area contributed by atoms with Gasteiger partial charge >= 0.3 is 0 Å². The molecule has 10 nitrogen and oxygen atoms in total. The van der Waals surface area contributed by atoms with E-state index in [0.717, 1.165) is 39.0 Å². The third-order valence-corrected chi connectivity index (χ3v) is 10.3. The van der Waals surface area contributed by atoms with Crippen LogP contribution < -0.4 is 10.5 Å². The third-order valence-electron chi connectivity index (χ3n) is 8.24. The van der Waals surface area contributed by atoms with Gasteiger partial charge < -0.3 is 15.5 Å². The number of fused-ring (bicyclic) bond motifs is 1. The molecule has 2 saturated heterocycles. The highest BCUT2D eigenvalue weighted by molar-refractivity contribution is 7.92. The van der Waals surface area contributed by atoms with Crippen LogP contribution in [0.2, 0.25) is 10.0 Å². The molecule has 6 rings (SSSR count). The molecular formula is C28H31Cl2FN8O2S. The molecule has 2 aliphatic rings. The number of rotatable bonds is 6. The molecule has 2 aromatic carbocycles. The minimum atomic E-state index is -4.17. The smallest absolute Gasteiger partial charge is 0.263 e. The van der Waals surface area contributed by atoms with Crippen LogP contribution in [0.4, 0.5) is 15.9 Å². The van der Waals surface area contributed by atoms with Gasteiger partial charge in [0.05, 0.1) is 22.1 Å². The number of aromatic nitrogens is 4. The third kappa shape index (κ3) is 5.66. The summed E-state index contributed by atoms with van der Waals surface area (Å²) in [5.41, 5.74) is 7.51. The molecule has 0 amide bonds. The van der Waals surface area contributed by atoms with Crippen LogP contribution in [0.5, 0.6) is 0 Å². The molecule has 14 heteroatoms. The molecule has 0 aliphatic carbocycles. The maximum Gasteiger partial charge on any atom is 0.263 e. The number of halogens is 3. The Kier molecular flexibility index (Phi) is 8.01. The van der Waals surface area contributed by atoms with Gasteiger partial charge in [-0.25, -0.2) is 27.5 Å². The summed E-state index contributed by atoms with van der Waals surface area (Å²) in [7, 11) is -2.00. The molecule has 0 unspecified atom stereocenters. The Morgan fingerprint density at radius 2 is 1.69 bits per heavy atom. The number of likely N-dealkylation sites (tertiary alicyclic amines) is 2. The van der Waals surface area contributed by atoms with E-state index in [1.54, 1.807) is 6.07 Å². The molecular weight excluding hydrogens is 602 g/mol. The molecule has 2 aromatic heterocycles. The van der Waals surface area contributed by atoms with Crippen molar-refractivity contribution in [1.29, 1.82) is 0 Å². The van der Waals surface area contributed by atoms with Gasteiger partial charge in [-0.15, -0.1) is 0 Å². The zero-order chi connectivity index (χ0) is 29.6. The summed E-state index contributed by atoms with van der Waals surface area (Å²) in [4.78, 5) is 13.4. The van der Waals surface area contributed by atoms with Crippen LogP contribution in [0.3, 0.4) is 0 Å². The predicted octanol–water partition coefficient (Wildman–Crippen LogP) is 5.05. The summed E-state index contributed by atoms with van der Waals surface area (Å²) in [6.45, 7) is 4.19. The monoisotopic (exact) mass is 632 g/mol. The van der Waals surface area contributed by atoms with Crippen LogP contribution in [0.25, 0.3) is 22.3 Å². The topological polar surface area (TPSA) is 122 Å². The number of sulfonamides is 1. The van der Waals surface area contributed by atoms with Crippen LogP contribution >= 0.6 is 23.2 Å². The Morgan fingerprint density at radius 1 is 0.976 bits per heavy atom. The first-order valence-electron chi connectivity index (χ1n) is 13.8. The highest BCUT2D eigenvalue weighted by Gasteiger charge is 2.30. The minimum absolute atomic E-state index is 0.0725. The average Bonchev–Trinajstić information content (AvgIpc) is 3.35. The molecule has 3 N–H and O–H groups in total. The molecule has 0 radical (unpaired) electrons. The van der Waals surface area contributed by atoms with Crippen molar-refractivity contribution in [3.05, 3.63) is 58.6 Å². The van der Waals surface area contributed by atoms with Crippen molar-refractivity contribution in [3.8, 4) is 11.3 Å². The first-order chi connectivity index (χ1) is 20.1. The van der Waals surface area contributed by atoms with Gasteiger partial charge in [-0.05, 0) is 76.2 Å². The van der Waals surface area contributed by atoms with Crippen LogP contribution in [0, 0.1) is 5.82 Å². The summed E-state index contributed by atoms with van der Waals surface area (Å²) in [5, 5.41) is 5.63. The zero-order valence-electron chi connectivity index (χ0n) is 23.0. The van der Waals surface area contributed by atoms with Gasteiger partial charge in [0.25, 0.3) is 10.0 Å². The summed E-state index contributed by atoms with van der Waals surface area (Å²) in [5.74, 6) is -0.543. The lowest BCUT2D eigenvalue weighted by Crippen LogP contribution is -2.47. The lowest BCUT2D eigenvalue weighted by atomic mass is 9.98.